The molecule has 1 aromatic heterocycles. The van der Waals surface area contributed by atoms with Gasteiger partial charge in [-0.05, 0) is 19.4 Å². The second-order valence-corrected chi connectivity index (χ2v) is 5.34. The Morgan fingerprint density at radius 1 is 1.44 bits per heavy atom. The SMILES string of the molecule is Cn1cnc(S(=O)(=O)NCCCCCN)c1. The van der Waals surface area contributed by atoms with Crippen LogP contribution in [0.4, 0.5) is 0 Å². The average molecular weight is 246 g/mol. The summed E-state index contributed by atoms with van der Waals surface area (Å²) in [6.07, 6.45) is 5.58. The summed E-state index contributed by atoms with van der Waals surface area (Å²) in [5.74, 6) is 0. The number of aryl methyl sites for hydroxylation is 1. The third-order valence-corrected chi connectivity index (χ3v) is 3.48. The van der Waals surface area contributed by atoms with Crippen LogP contribution in [-0.4, -0.2) is 31.1 Å². The van der Waals surface area contributed by atoms with Crippen molar-refractivity contribution in [1.29, 1.82) is 0 Å². The molecule has 0 fully saturated rings. The molecule has 0 atom stereocenters. The number of hydrogen-bond donors (Lipinski definition) is 2. The van der Waals surface area contributed by atoms with Crippen molar-refractivity contribution < 1.29 is 8.42 Å². The number of imidazole rings is 1. The number of nitrogens with two attached hydrogens (primary N) is 1. The quantitative estimate of drug-likeness (QED) is 0.653. The molecule has 0 aromatic carbocycles. The Morgan fingerprint density at radius 3 is 2.75 bits per heavy atom. The second-order valence-electron chi connectivity index (χ2n) is 3.62. The van der Waals surface area contributed by atoms with Gasteiger partial charge in [0.25, 0.3) is 10.0 Å². The molecule has 0 radical (unpaired) electrons. The Balaban J connectivity index is 2.41. The summed E-state index contributed by atoms with van der Waals surface area (Å²) in [7, 11) is -1.71. The first-order chi connectivity index (χ1) is 7.56. The number of nitrogens with one attached hydrogen (secondary N) is 1. The number of aromatic nitrogens is 2. The third kappa shape index (κ3) is 3.92. The minimum absolute atomic E-state index is 0.0637. The molecule has 0 aliphatic carbocycles. The molecular weight excluding hydrogens is 228 g/mol. The monoisotopic (exact) mass is 246 g/mol. The van der Waals surface area contributed by atoms with Crippen molar-refractivity contribution in [2.24, 2.45) is 12.8 Å². The first-order valence-corrected chi connectivity index (χ1v) is 6.72. The van der Waals surface area contributed by atoms with Crippen LogP contribution in [0.25, 0.3) is 0 Å². The van der Waals surface area contributed by atoms with E-state index in [0.29, 0.717) is 13.1 Å². The van der Waals surface area contributed by atoms with Crippen molar-refractivity contribution in [3.63, 3.8) is 0 Å². The molecule has 1 aromatic rings. The summed E-state index contributed by atoms with van der Waals surface area (Å²) in [6.45, 7) is 1.08. The molecular formula is C9H18N4O2S. The van der Waals surface area contributed by atoms with Crippen LogP contribution in [0.2, 0.25) is 0 Å². The van der Waals surface area contributed by atoms with Crippen molar-refractivity contribution in [3.05, 3.63) is 12.5 Å². The first-order valence-electron chi connectivity index (χ1n) is 5.24. The largest absolute Gasteiger partial charge is 0.339 e. The second kappa shape index (κ2) is 5.97. The van der Waals surface area contributed by atoms with Crippen molar-refractivity contribution in [1.82, 2.24) is 14.3 Å². The van der Waals surface area contributed by atoms with E-state index >= 15 is 0 Å². The Hall–Kier alpha value is -0.920. The fourth-order valence-corrected chi connectivity index (χ4v) is 2.31. The van der Waals surface area contributed by atoms with Crippen molar-refractivity contribution in [2.45, 2.75) is 24.3 Å². The predicted octanol–water partition coefficient (Wildman–Crippen LogP) is -0.173. The molecule has 1 heterocycles. The zero-order chi connectivity index (χ0) is 12.0. The summed E-state index contributed by atoms with van der Waals surface area (Å²) in [4.78, 5) is 3.80. The highest BCUT2D eigenvalue weighted by Crippen LogP contribution is 2.04. The van der Waals surface area contributed by atoms with Crippen LogP contribution in [-0.2, 0) is 17.1 Å². The van der Waals surface area contributed by atoms with Crippen LogP contribution in [0.5, 0.6) is 0 Å². The maximum Gasteiger partial charge on any atom is 0.259 e. The summed E-state index contributed by atoms with van der Waals surface area (Å²) < 4.78 is 27.4. The average Bonchev–Trinajstić information content (AvgIpc) is 2.65. The smallest absolute Gasteiger partial charge is 0.259 e. The van der Waals surface area contributed by atoms with Gasteiger partial charge in [0.05, 0.1) is 6.33 Å². The highest BCUT2D eigenvalue weighted by molar-refractivity contribution is 7.89. The molecule has 1 rings (SSSR count). The Morgan fingerprint density at radius 2 is 2.19 bits per heavy atom. The van der Waals surface area contributed by atoms with Gasteiger partial charge in [-0.1, -0.05) is 6.42 Å². The lowest BCUT2D eigenvalue weighted by molar-refractivity contribution is 0.571. The van der Waals surface area contributed by atoms with Gasteiger partial charge in [-0.15, -0.1) is 0 Å². The van der Waals surface area contributed by atoms with Gasteiger partial charge in [0.1, 0.15) is 0 Å². The van der Waals surface area contributed by atoms with Crippen molar-refractivity contribution in [3.8, 4) is 0 Å². The molecule has 7 heteroatoms. The lowest BCUT2D eigenvalue weighted by Gasteiger charge is -2.03. The van der Waals surface area contributed by atoms with Gasteiger partial charge in [-0.2, -0.15) is 0 Å². The van der Waals surface area contributed by atoms with E-state index in [0.717, 1.165) is 19.3 Å². The van der Waals surface area contributed by atoms with Crippen LogP contribution in [0.1, 0.15) is 19.3 Å². The van der Waals surface area contributed by atoms with Crippen LogP contribution in [0, 0.1) is 0 Å². The maximum atomic E-state index is 11.7. The van der Waals surface area contributed by atoms with Crippen molar-refractivity contribution in [2.75, 3.05) is 13.1 Å². The van der Waals surface area contributed by atoms with E-state index in [4.69, 9.17) is 5.73 Å². The minimum Gasteiger partial charge on any atom is -0.339 e. The molecule has 0 aliphatic heterocycles. The summed E-state index contributed by atoms with van der Waals surface area (Å²) in [5, 5.41) is 0.0637. The van der Waals surface area contributed by atoms with Crippen molar-refractivity contribution >= 4 is 10.0 Å². The molecule has 0 amide bonds. The fraction of sp³-hybridized carbons (Fsp3) is 0.667. The van der Waals surface area contributed by atoms with Gasteiger partial charge in [0.15, 0.2) is 5.03 Å². The van der Waals surface area contributed by atoms with E-state index in [-0.39, 0.29) is 5.03 Å². The number of sulfonamides is 1. The fourth-order valence-electron chi connectivity index (χ4n) is 1.25. The van der Waals surface area contributed by atoms with E-state index in [1.165, 1.54) is 12.5 Å². The molecule has 3 N–H and O–H groups in total. The van der Waals surface area contributed by atoms with E-state index in [1.54, 1.807) is 11.6 Å². The normalized spacial score (nSPS) is 11.9. The van der Waals surface area contributed by atoms with Crippen LogP contribution < -0.4 is 10.5 Å². The number of hydrogen-bond acceptors (Lipinski definition) is 4. The van der Waals surface area contributed by atoms with Gasteiger partial charge in [0.2, 0.25) is 0 Å². The summed E-state index contributed by atoms with van der Waals surface area (Å²) >= 11 is 0. The molecule has 6 nitrogen and oxygen atoms in total. The molecule has 0 aliphatic rings. The Kier molecular flexibility index (Phi) is 4.91. The number of rotatable bonds is 7. The predicted molar refractivity (Wildman–Crippen MR) is 61.3 cm³/mol. The van der Waals surface area contributed by atoms with E-state index in [9.17, 15) is 8.42 Å². The molecule has 0 saturated heterocycles. The highest BCUT2D eigenvalue weighted by Gasteiger charge is 2.15. The minimum atomic E-state index is -3.44. The Labute approximate surface area is 95.9 Å². The molecule has 0 unspecified atom stereocenters. The zero-order valence-electron chi connectivity index (χ0n) is 9.39. The molecule has 0 saturated carbocycles. The van der Waals surface area contributed by atoms with Gasteiger partial charge in [0, 0.05) is 19.8 Å². The van der Waals surface area contributed by atoms with Gasteiger partial charge < -0.3 is 10.3 Å². The molecule has 92 valence electrons. The first kappa shape index (κ1) is 13.1. The maximum absolute atomic E-state index is 11.7. The summed E-state index contributed by atoms with van der Waals surface area (Å²) in [5.41, 5.74) is 5.34. The standard InChI is InChI=1S/C9H18N4O2S/c1-13-7-9(11-8-13)16(14,15)12-6-4-2-3-5-10/h7-8,12H,2-6,10H2,1H3. The van der Waals surface area contributed by atoms with E-state index in [2.05, 4.69) is 9.71 Å². The lowest BCUT2D eigenvalue weighted by atomic mass is 10.2. The molecule has 0 spiro atoms. The van der Waals surface area contributed by atoms with Gasteiger partial charge in [-0.3, -0.25) is 0 Å². The third-order valence-electron chi connectivity index (χ3n) is 2.13. The van der Waals surface area contributed by atoms with Gasteiger partial charge in [-0.25, -0.2) is 18.1 Å². The van der Waals surface area contributed by atoms with E-state index in [1.807, 2.05) is 0 Å². The lowest BCUT2D eigenvalue weighted by Crippen LogP contribution is -2.25. The number of nitrogens with zero attached hydrogens (tertiary/aromatic N) is 2. The van der Waals surface area contributed by atoms with E-state index < -0.39 is 10.0 Å². The van der Waals surface area contributed by atoms with Gasteiger partial charge >= 0.3 is 0 Å². The molecule has 16 heavy (non-hydrogen) atoms. The Bertz CT molecular complexity index is 413. The van der Waals surface area contributed by atoms with Crippen LogP contribution >= 0.6 is 0 Å². The van der Waals surface area contributed by atoms with Crippen LogP contribution in [0.15, 0.2) is 17.6 Å². The zero-order valence-corrected chi connectivity index (χ0v) is 10.2. The number of unbranched alkanes of at least 4 members (excludes halogenated alkanes) is 2. The highest BCUT2D eigenvalue weighted by atomic mass is 32.2. The topological polar surface area (TPSA) is 90.0 Å². The summed E-state index contributed by atoms with van der Waals surface area (Å²) in [6, 6.07) is 0. The molecule has 0 bridgehead atoms. The van der Waals surface area contributed by atoms with Crippen LogP contribution in [0.3, 0.4) is 0 Å².